The number of para-hydroxylation sites is 1. The van der Waals surface area contributed by atoms with Crippen molar-refractivity contribution >= 4 is 28.6 Å². The molecule has 0 bridgehead atoms. The van der Waals surface area contributed by atoms with Gasteiger partial charge in [-0.3, -0.25) is 4.79 Å². The molecule has 2 aromatic carbocycles. The zero-order valence-electron chi connectivity index (χ0n) is 16.2. The van der Waals surface area contributed by atoms with Crippen molar-refractivity contribution in [1.82, 2.24) is 10.4 Å². The number of anilines is 1. The number of aryl methyl sites for hydroxylation is 1. The number of methoxy groups -OCH3 is 1. The zero-order chi connectivity index (χ0) is 20.6. The summed E-state index contributed by atoms with van der Waals surface area (Å²) in [5.74, 6) is 0.787. The maximum atomic E-state index is 12.4. The van der Waals surface area contributed by atoms with Crippen LogP contribution in [0.15, 0.2) is 53.6 Å². The predicted octanol–water partition coefficient (Wildman–Crippen LogP) is 3.64. The summed E-state index contributed by atoms with van der Waals surface area (Å²) in [6.45, 7) is 2.30. The van der Waals surface area contributed by atoms with Gasteiger partial charge >= 0.3 is 0 Å². The molecule has 0 fully saturated rings. The molecule has 29 heavy (non-hydrogen) atoms. The summed E-state index contributed by atoms with van der Waals surface area (Å²) in [7, 11) is 1.58. The van der Waals surface area contributed by atoms with Gasteiger partial charge in [-0.2, -0.15) is 5.10 Å². The Labute approximate surface area is 173 Å². The standard InChI is InChI=1S/C21H22N4O3S/c1-3-16-19(29-21(22)24-16)20(26)25-23-12-15-10-7-11-17(27-2)18(15)28-13-14-8-5-4-6-9-14/h4-12H,3,13H2,1-2H3,(H2,22,24)(H,25,26)/b23-12+. The maximum absolute atomic E-state index is 12.4. The first kappa shape index (κ1) is 20.3. The van der Waals surface area contributed by atoms with Crippen LogP contribution in [0.4, 0.5) is 5.13 Å². The van der Waals surface area contributed by atoms with Crippen molar-refractivity contribution in [3.8, 4) is 11.5 Å². The summed E-state index contributed by atoms with van der Waals surface area (Å²) in [5.41, 5.74) is 10.6. The van der Waals surface area contributed by atoms with E-state index in [1.54, 1.807) is 7.11 Å². The minimum Gasteiger partial charge on any atom is -0.493 e. The number of nitrogens with two attached hydrogens (primary N) is 1. The lowest BCUT2D eigenvalue weighted by atomic mass is 10.2. The third-order valence-corrected chi connectivity index (χ3v) is 5.01. The van der Waals surface area contributed by atoms with Crippen molar-refractivity contribution in [1.29, 1.82) is 0 Å². The zero-order valence-corrected chi connectivity index (χ0v) is 17.0. The SMILES string of the molecule is CCc1nc(N)sc1C(=O)N/N=C/c1cccc(OC)c1OCc1ccccc1. The molecule has 1 heterocycles. The number of nitrogens with one attached hydrogen (secondary N) is 1. The van der Waals surface area contributed by atoms with Gasteiger partial charge in [0, 0.05) is 5.56 Å². The van der Waals surface area contributed by atoms with Crippen LogP contribution in [0.3, 0.4) is 0 Å². The first-order valence-corrected chi connectivity index (χ1v) is 9.86. The molecule has 0 spiro atoms. The highest BCUT2D eigenvalue weighted by Gasteiger charge is 2.15. The summed E-state index contributed by atoms with van der Waals surface area (Å²) in [4.78, 5) is 17.0. The number of aromatic nitrogens is 1. The number of carbonyl (C=O) groups excluding carboxylic acids is 1. The number of carbonyl (C=O) groups is 1. The molecule has 0 saturated carbocycles. The Bertz CT molecular complexity index is 1000. The fourth-order valence-electron chi connectivity index (χ4n) is 2.68. The second kappa shape index (κ2) is 9.70. The van der Waals surface area contributed by atoms with E-state index in [1.807, 2.05) is 55.5 Å². The van der Waals surface area contributed by atoms with Crippen molar-refractivity contribution < 1.29 is 14.3 Å². The molecule has 0 aliphatic heterocycles. The summed E-state index contributed by atoms with van der Waals surface area (Å²) in [5, 5.41) is 4.43. The third kappa shape index (κ3) is 5.11. The lowest BCUT2D eigenvalue weighted by Crippen LogP contribution is -2.18. The van der Waals surface area contributed by atoms with Crippen molar-refractivity contribution in [2.24, 2.45) is 5.10 Å². The number of hydrogen-bond acceptors (Lipinski definition) is 7. The van der Waals surface area contributed by atoms with Gasteiger partial charge < -0.3 is 15.2 Å². The topological polar surface area (TPSA) is 98.8 Å². The van der Waals surface area contributed by atoms with Gasteiger partial charge in [-0.05, 0) is 24.1 Å². The number of benzene rings is 2. The van der Waals surface area contributed by atoms with E-state index >= 15 is 0 Å². The van der Waals surface area contributed by atoms with Crippen LogP contribution in [0.2, 0.25) is 0 Å². The highest BCUT2D eigenvalue weighted by molar-refractivity contribution is 7.17. The molecular weight excluding hydrogens is 388 g/mol. The van der Waals surface area contributed by atoms with Crippen molar-refractivity contribution in [2.75, 3.05) is 12.8 Å². The number of nitrogens with zero attached hydrogens (tertiary/aromatic N) is 2. The lowest BCUT2D eigenvalue weighted by molar-refractivity contribution is 0.0958. The van der Waals surface area contributed by atoms with Gasteiger partial charge in [-0.1, -0.05) is 54.7 Å². The number of ether oxygens (including phenoxy) is 2. The summed E-state index contributed by atoms with van der Waals surface area (Å²) >= 11 is 1.14. The largest absolute Gasteiger partial charge is 0.493 e. The molecule has 3 rings (SSSR count). The second-order valence-corrected chi connectivity index (χ2v) is 7.06. The van der Waals surface area contributed by atoms with Crippen LogP contribution >= 0.6 is 11.3 Å². The number of thiazole rings is 1. The molecule has 0 aliphatic carbocycles. The van der Waals surface area contributed by atoms with Crippen LogP contribution in [0, 0.1) is 0 Å². The van der Waals surface area contributed by atoms with Crippen molar-refractivity contribution in [3.05, 3.63) is 70.2 Å². The van der Waals surface area contributed by atoms with Crippen LogP contribution in [-0.4, -0.2) is 24.2 Å². The normalized spacial score (nSPS) is 10.8. The van der Waals surface area contributed by atoms with Crippen molar-refractivity contribution in [2.45, 2.75) is 20.0 Å². The first-order valence-electron chi connectivity index (χ1n) is 9.04. The van der Waals surface area contributed by atoms with E-state index in [1.165, 1.54) is 6.21 Å². The highest BCUT2D eigenvalue weighted by Crippen LogP contribution is 2.31. The Morgan fingerprint density at radius 1 is 1.24 bits per heavy atom. The third-order valence-electron chi connectivity index (χ3n) is 4.08. The van der Waals surface area contributed by atoms with E-state index in [0.29, 0.717) is 45.8 Å². The van der Waals surface area contributed by atoms with Crippen LogP contribution in [0.5, 0.6) is 11.5 Å². The lowest BCUT2D eigenvalue weighted by Gasteiger charge is -2.13. The Balaban J connectivity index is 1.75. The van der Waals surface area contributed by atoms with Gasteiger partial charge in [0.2, 0.25) is 0 Å². The quantitative estimate of drug-likeness (QED) is 0.436. The van der Waals surface area contributed by atoms with Crippen LogP contribution in [-0.2, 0) is 13.0 Å². The van der Waals surface area contributed by atoms with Gasteiger partial charge in [0.05, 0.1) is 19.0 Å². The molecule has 3 aromatic rings. The Morgan fingerprint density at radius 2 is 2.03 bits per heavy atom. The predicted molar refractivity (Wildman–Crippen MR) is 115 cm³/mol. The van der Waals surface area contributed by atoms with E-state index in [4.69, 9.17) is 15.2 Å². The summed E-state index contributed by atoms with van der Waals surface area (Å²) in [6, 6.07) is 15.3. The van der Waals surface area contributed by atoms with Crippen LogP contribution < -0.4 is 20.6 Å². The molecular formula is C21H22N4O3S. The average molecular weight is 410 g/mol. The van der Waals surface area contributed by atoms with E-state index in [-0.39, 0.29) is 5.91 Å². The van der Waals surface area contributed by atoms with E-state index in [9.17, 15) is 4.79 Å². The Kier molecular flexibility index (Phi) is 6.80. The van der Waals surface area contributed by atoms with Gasteiger partial charge in [0.25, 0.3) is 5.91 Å². The van der Waals surface area contributed by atoms with Gasteiger partial charge in [0.15, 0.2) is 16.6 Å². The molecule has 1 amide bonds. The van der Waals surface area contributed by atoms with E-state index < -0.39 is 0 Å². The Morgan fingerprint density at radius 3 is 2.76 bits per heavy atom. The molecule has 0 atom stereocenters. The monoisotopic (exact) mass is 410 g/mol. The number of nitrogen functional groups attached to an aromatic ring is 1. The summed E-state index contributed by atoms with van der Waals surface area (Å²) < 4.78 is 11.4. The molecule has 8 heteroatoms. The smallest absolute Gasteiger partial charge is 0.283 e. The summed E-state index contributed by atoms with van der Waals surface area (Å²) in [6.07, 6.45) is 2.14. The maximum Gasteiger partial charge on any atom is 0.283 e. The van der Waals surface area contributed by atoms with Gasteiger partial charge in [-0.25, -0.2) is 10.4 Å². The minimum absolute atomic E-state index is 0.345. The first-order chi connectivity index (χ1) is 14.1. The van der Waals surface area contributed by atoms with Crippen molar-refractivity contribution in [3.63, 3.8) is 0 Å². The van der Waals surface area contributed by atoms with Crippen LogP contribution in [0.25, 0.3) is 0 Å². The number of hydrogen-bond donors (Lipinski definition) is 2. The minimum atomic E-state index is -0.345. The molecule has 150 valence electrons. The van der Waals surface area contributed by atoms with Gasteiger partial charge in [0.1, 0.15) is 11.5 Å². The van der Waals surface area contributed by atoms with E-state index in [0.717, 1.165) is 16.9 Å². The fourth-order valence-corrected chi connectivity index (χ4v) is 3.49. The highest BCUT2D eigenvalue weighted by atomic mass is 32.1. The fraction of sp³-hybridized carbons (Fsp3) is 0.190. The van der Waals surface area contributed by atoms with E-state index in [2.05, 4.69) is 15.5 Å². The number of rotatable bonds is 8. The number of amides is 1. The van der Waals surface area contributed by atoms with Crippen LogP contribution in [0.1, 0.15) is 33.4 Å². The molecule has 0 aliphatic rings. The molecule has 1 aromatic heterocycles. The second-order valence-electron chi connectivity index (χ2n) is 6.03. The molecule has 0 radical (unpaired) electrons. The Hall–Kier alpha value is -3.39. The number of hydrazone groups is 1. The molecule has 7 nitrogen and oxygen atoms in total. The average Bonchev–Trinajstić information content (AvgIpc) is 3.14. The van der Waals surface area contributed by atoms with Gasteiger partial charge in [-0.15, -0.1) is 0 Å². The molecule has 3 N–H and O–H groups in total. The molecule has 0 saturated heterocycles. The molecule has 0 unspecified atom stereocenters.